The van der Waals surface area contributed by atoms with Crippen LogP contribution in [0.2, 0.25) is 0 Å². The number of benzene rings is 7. The second-order valence-electron chi connectivity index (χ2n) is 15.6. The Morgan fingerprint density at radius 3 is 1.51 bits per heavy atom. The summed E-state index contributed by atoms with van der Waals surface area (Å²) in [5.41, 5.74) is -1.81. The SMILES string of the molecule is [2H]C([2H])([2H])C1(C([2H])([2H])[2H])c2ccccc2Sc2c(-c3cc([Si](c4ccccc4)(c4ccccc4)c4cccc5c4Sc4ccccc4C5(C([2H])([2H])[2H])C([2H])([2H])[2H])ccc3C(C)(C)C)cccc21. The van der Waals surface area contributed by atoms with Crippen LogP contribution in [0.3, 0.4) is 0 Å². The van der Waals surface area contributed by atoms with Gasteiger partial charge >= 0.3 is 0 Å². The number of fused-ring (bicyclic) bond motifs is 4. The van der Waals surface area contributed by atoms with E-state index in [9.17, 15) is 0 Å². The topological polar surface area (TPSA) is 0 Å². The Balaban J connectivity index is 1.44. The van der Waals surface area contributed by atoms with E-state index >= 15 is 0 Å². The lowest BCUT2D eigenvalue weighted by molar-refractivity contribution is 0.591. The van der Waals surface area contributed by atoms with Gasteiger partial charge in [-0.2, -0.15) is 0 Å². The fourth-order valence-electron chi connectivity index (χ4n) is 8.63. The van der Waals surface area contributed by atoms with Crippen molar-refractivity contribution in [3.8, 4) is 11.1 Å². The van der Waals surface area contributed by atoms with Crippen molar-refractivity contribution in [3.05, 3.63) is 192 Å². The molecule has 0 saturated heterocycles. The molecule has 0 aliphatic carbocycles. The molecule has 9 rings (SSSR count). The molecule has 55 heavy (non-hydrogen) atoms. The number of hydrogen-bond acceptors (Lipinski definition) is 2. The molecule has 2 aliphatic rings. The Labute approximate surface area is 354 Å². The van der Waals surface area contributed by atoms with Crippen LogP contribution in [0.15, 0.2) is 183 Å². The number of rotatable bonds is 5. The lowest BCUT2D eigenvalue weighted by Gasteiger charge is -2.41. The molecule has 3 heteroatoms. The molecule has 2 aliphatic heterocycles. The first-order chi connectivity index (χ1) is 31.4. The van der Waals surface area contributed by atoms with Crippen molar-refractivity contribution < 1.29 is 16.4 Å². The summed E-state index contributed by atoms with van der Waals surface area (Å²) in [4.78, 5) is 2.24. The predicted octanol–water partition coefficient (Wildman–Crippen LogP) is 11.6. The van der Waals surface area contributed by atoms with E-state index in [1.54, 1.807) is 60.7 Å². The minimum absolute atomic E-state index is 0.214. The molecule has 7 aromatic carbocycles. The molecule has 0 bridgehead atoms. The average Bonchev–Trinajstić information content (AvgIpc) is 3.26. The molecule has 272 valence electrons. The van der Waals surface area contributed by atoms with Crippen molar-refractivity contribution in [2.75, 3.05) is 0 Å². The molecule has 0 N–H and O–H groups in total. The predicted molar refractivity (Wildman–Crippen MR) is 240 cm³/mol. The van der Waals surface area contributed by atoms with Gasteiger partial charge in [-0.25, -0.2) is 0 Å². The molecule has 0 nitrogen and oxygen atoms in total. The van der Waals surface area contributed by atoms with Crippen LogP contribution in [-0.2, 0) is 16.2 Å². The van der Waals surface area contributed by atoms with Crippen molar-refractivity contribution in [1.29, 1.82) is 0 Å². The maximum Gasteiger partial charge on any atom is 0.180 e. The van der Waals surface area contributed by atoms with Gasteiger partial charge < -0.3 is 0 Å². The maximum atomic E-state index is 9.15. The summed E-state index contributed by atoms with van der Waals surface area (Å²) in [6.07, 6.45) is 0. The normalized spacial score (nSPS) is 19.5. The van der Waals surface area contributed by atoms with Crippen molar-refractivity contribution in [1.82, 2.24) is 0 Å². The molecule has 0 atom stereocenters. The lowest BCUT2D eigenvalue weighted by Crippen LogP contribution is -2.75. The van der Waals surface area contributed by atoms with Crippen LogP contribution in [0.25, 0.3) is 11.1 Å². The zero-order chi connectivity index (χ0) is 48.2. The third-order valence-electron chi connectivity index (χ3n) is 11.2. The van der Waals surface area contributed by atoms with Gasteiger partial charge in [0.1, 0.15) is 0 Å². The Kier molecular flexibility index (Phi) is 6.01. The van der Waals surface area contributed by atoms with Crippen LogP contribution in [0, 0.1) is 0 Å². The Bertz CT molecular complexity index is 2950. The van der Waals surface area contributed by atoms with Crippen LogP contribution < -0.4 is 20.7 Å². The monoisotopic (exact) mass is 776 g/mol. The van der Waals surface area contributed by atoms with Gasteiger partial charge in [-0.15, -0.1) is 0 Å². The smallest absolute Gasteiger partial charge is 0.0895 e. The molecule has 0 unspecified atom stereocenters. The molecule has 0 radical (unpaired) electrons. The molecular weight excluding hydrogens is 717 g/mol. The highest BCUT2D eigenvalue weighted by Crippen LogP contribution is 2.53. The maximum absolute atomic E-state index is 9.15. The van der Waals surface area contributed by atoms with E-state index in [0.29, 0.717) is 25.1 Å². The van der Waals surface area contributed by atoms with Crippen molar-refractivity contribution in [2.45, 2.75) is 84.0 Å². The first-order valence-electron chi connectivity index (χ1n) is 24.5. The summed E-state index contributed by atoms with van der Waals surface area (Å²) < 4.78 is 109. The van der Waals surface area contributed by atoms with E-state index in [2.05, 4.69) is 63.2 Å². The molecule has 0 spiro atoms. The summed E-state index contributed by atoms with van der Waals surface area (Å²) in [5.74, 6) is 0. The minimum atomic E-state index is -3.68. The van der Waals surface area contributed by atoms with Crippen LogP contribution in [0.4, 0.5) is 0 Å². The standard InChI is InChI=1S/C52H48S2Si/c1-50(2,3)40-33-32-37(34-39(40)38-24-18-27-43-48(38)53-45-29-16-14-25-41(45)51(43,4)5)55(35-20-10-8-11-21-35,36-22-12-9-13-23-36)47-31-19-28-44-49(47)54-46-30-17-15-26-42(46)52(44,6)7/h8-34H,1-7H3/i4D3,5D3,6D3,7D3. The molecule has 0 amide bonds. The zero-order valence-electron chi connectivity index (χ0n) is 42.9. The number of hydrogen-bond donors (Lipinski definition) is 0. The fourth-order valence-corrected chi connectivity index (χ4v) is 16.6. The minimum Gasteiger partial charge on any atom is -0.0895 e. The van der Waals surface area contributed by atoms with Gasteiger partial charge in [0.2, 0.25) is 0 Å². The summed E-state index contributed by atoms with van der Waals surface area (Å²) in [5, 5.41) is 3.67. The summed E-state index contributed by atoms with van der Waals surface area (Å²) in [6.45, 7) is -5.58. The van der Waals surface area contributed by atoms with Gasteiger partial charge in [-0.1, -0.05) is 223 Å². The molecule has 7 aromatic rings. The van der Waals surface area contributed by atoms with E-state index in [1.807, 2.05) is 60.7 Å². The Morgan fingerprint density at radius 1 is 0.455 bits per heavy atom. The van der Waals surface area contributed by atoms with E-state index < -0.39 is 51.7 Å². The van der Waals surface area contributed by atoms with Gasteiger partial charge in [0.05, 0.1) is 0 Å². The second-order valence-corrected chi connectivity index (χ2v) is 21.4. The second kappa shape index (κ2) is 13.3. The average molecular weight is 777 g/mol. The van der Waals surface area contributed by atoms with Crippen molar-refractivity contribution in [2.24, 2.45) is 0 Å². The largest absolute Gasteiger partial charge is 0.180 e. The summed E-state index contributed by atoms with van der Waals surface area (Å²) in [7, 11) is -3.68. The van der Waals surface area contributed by atoms with Gasteiger partial charge in [-0.05, 0) is 77.2 Å². The van der Waals surface area contributed by atoms with Crippen LogP contribution in [-0.4, -0.2) is 8.07 Å². The first kappa shape index (κ1) is 24.9. The summed E-state index contributed by atoms with van der Waals surface area (Å²) in [6, 6.07) is 51.4. The molecular formula is C52H48S2Si. The van der Waals surface area contributed by atoms with Crippen molar-refractivity contribution in [3.63, 3.8) is 0 Å². The van der Waals surface area contributed by atoms with Crippen LogP contribution in [0.5, 0.6) is 0 Å². The lowest BCUT2D eigenvalue weighted by atomic mass is 9.76. The molecule has 2 heterocycles. The van der Waals surface area contributed by atoms with E-state index in [0.717, 1.165) is 31.9 Å². The van der Waals surface area contributed by atoms with Gasteiger partial charge in [-0.3, -0.25) is 0 Å². The molecule has 0 saturated carbocycles. The van der Waals surface area contributed by atoms with Gasteiger partial charge in [0.15, 0.2) is 8.07 Å². The van der Waals surface area contributed by atoms with Crippen LogP contribution >= 0.6 is 23.5 Å². The van der Waals surface area contributed by atoms with Gasteiger partial charge in [0.25, 0.3) is 0 Å². The Hall–Kier alpha value is -4.54. The van der Waals surface area contributed by atoms with E-state index in [1.165, 1.54) is 23.5 Å². The van der Waals surface area contributed by atoms with E-state index in [-0.39, 0.29) is 22.3 Å². The first-order valence-corrected chi connectivity index (χ1v) is 22.2. The third-order valence-corrected chi connectivity index (χ3v) is 18.6. The Morgan fingerprint density at radius 2 is 0.945 bits per heavy atom. The third kappa shape index (κ3) is 5.65. The fraction of sp³-hybridized carbons (Fsp3) is 0.192. The quantitative estimate of drug-likeness (QED) is 0.126. The zero-order valence-corrected chi connectivity index (χ0v) is 33.5. The highest BCUT2D eigenvalue weighted by molar-refractivity contribution is 8.00. The van der Waals surface area contributed by atoms with E-state index in [4.69, 9.17) is 16.4 Å². The summed E-state index contributed by atoms with van der Waals surface area (Å²) >= 11 is 2.78. The molecule has 0 aromatic heterocycles. The van der Waals surface area contributed by atoms with Crippen molar-refractivity contribution >= 4 is 52.3 Å². The van der Waals surface area contributed by atoms with Crippen LogP contribution in [0.1, 0.15) is 92.4 Å². The van der Waals surface area contributed by atoms with Gasteiger partial charge in [0, 0.05) is 46.9 Å². The highest BCUT2D eigenvalue weighted by atomic mass is 32.2. The molecule has 0 fully saturated rings. The highest BCUT2D eigenvalue weighted by Gasteiger charge is 2.46.